The van der Waals surface area contributed by atoms with E-state index in [1.807, 2.05) is 0 Å². The second-order valence-corrected chi connectivity index (χ2v) is 21.1. The Bertz CT molecular complexity index is 858. The summed E-state index contributed by atoms with van der Waals surface area (Å²) in [6.07, 6.45) is 6.31. The topological polar surface area (TPSA) is 0 Å². The Labute approximate surface area is 167 Å². The van der Waals surface area contributed by atoms with Crippen LogP contribution in [-0.4, -0.2) is 16.1 Å². The molecular weight excluding hydrogens is 356 g/mol. The van der Waals surface area contributed by atoms with Crippen LogP contribution in [0.25, 0.3) is 11.1 Å². The minimum absolute atomic E-state index is 0.647. The van der Waals surface area contributed by atoms with Gasteiger partial charge in [-0.2, -0.15) is 0 Å². The maximum absolute atomic E-state index is 2.61. The zero-order valence-electron chi connectivity index (χ0n) is 17.6. The molecule has 0 fully saturated rings. The molecule has 2 aromatic rings. The quantitative estimate of drug-likeness (QED) is 0.476. The Morgan fingerprint density at radius 3 is 1.33 bits per heavy atom. The van der Waals surface area contributed by atoms with Crippen LogP contribution >= 0.6 is 0 Å². The fourth-order valence-electron chi connectivity index (χ4n) is 4.83. The predicted octanol–water partition coefficient (Wildman–Crippen LogP) is 7.49. The molecule has 27 heavy (non-hydrogen) atoms. The summed E-state index contributed by atoms with van der Waals surface area (Å²) in [6, 6.07) is 18.3. The third-order valence-electron chi connectivity index (χ3n) is 6.27. The predicted molar refractivity (Wildman–Crippen MR) is 126 cm³/mol. The van der Waals surface area contributed by atoms with E-state index in [4.69, 9.17) is 0 Å². The summed E-state index contributed by atoms with van der Waals surface area (Å²) in [4.78, 5) is 0. The smallest absolute Gasteiger partial charge is 0.0566 e. The van der Waals surface area contributed by atoms with Crippen molar-refractivity contribution in [1.29, 1.82) is 0 Å². The maximum Gasteiger partial charge on any atom is 0.0566 e. The molecule has 2 aromatic carbocycles. The first kappa shape index (κ1) is 18.7. The number of hydrogen-bond acceptors (Lipinski definition) is 0. The van der Waals surface area contributed by atoms with Crippen molar-refractivity contribution in [3.8, 4) is 0 Å². The van der Waals surface area contributed by atoms with Crippen LogP contribution in [0.15, 0.2) is 60.7 Å². The van der Waals surface area contributed by atoms with E-state index in [0.29, 0.717) is 11.1 Å². The standard InChI is InChI=1S/C25H32Si2/c1-26(2,3)24-16-18(20-11-7-9-13-22(20)24)15-19-17-25(27(4,5)6)23-14-10-8-12-21(19)23/h7-14,16-17,24-25H,15H2,1-6H3. The molecule has 0 aliphatic heterocycles. The van der Waals surface area contributed by atoms with E-state index in [-0.39, 0.29) is 0 Å². The SMILES string of the molecule is C[Si](C)(C)C1C=C(CC2=CC([Si](C)(C)C)c3ccccc32)c2ccccc21. The van der Waals surface area contributed by atoms with Gasteiger partial charge in [0.2, 0.25) is 0 Å². The van der Waals surface area contributed by atoms with Gasteiger partial charge in [0, 0.05) is 0 Å². The lowest BCUT2D eigenvalue weighted by Crippen LogP contribution is -2.28. The summed E-state index contributed by atoms with van der Waals surface area (Å²) in [5.74, 6) is 0. The molecule has 2 unspecified atom stereocenters. The van der Waals surface area contributed by atoms with Crippen LogP contribution in [0.5, 0.6) is 0 Å². The summed E-state index contributed by atoms with van der Waals surface area (Å²) in [7, 11) is -2.55. The van der Waals surface area contributed by atoms with Crippen LogP contribution in [0.2, 0.25) is 39.3 Å². The van der Waals surface area contributed by atoms with Gasteiger partial charge in [-0.15, -0.1) is 0 Å². The minimum Gasteiger partial charge on any atom is -0.0756 e. The van der Waals surface area contributed by atoms with Gasteiger partial charge < -0.3 is 0 Å². The molecule has 2 aliphatic carbocycles. The molecule has 2 aliphatic rings. The van der Waals surface area contributed by atoms with Crippen LogP contribution in [-0.2, 0) is 0 Å². The molecule has 0 heterocycles. The second-order valence-electron chi connectivity index (χ2n) is 10.4. The van der Waals surface area contributed by atoms with E-state index >= 15 is 0 Å². The van der Waals surface area contributed by atoms with Crippen LogP contribution in [0.3, 0.4) is 0 Å². The van der Waals surface area contributed by atoms with Crippen LogP contribution in [0.4, 0.5) is 0 Å². The Kier molecular flexibility index (Phi) is 4.47. The highest BCUT2D eigenvalue weighted by atomic mass is 28.3. The van der Waals surface area contributed by atoms with Crippen molar-refractivity contribution in [3.05, 3.63) is 82.9 Å². The highest BCUT2D eigenvalue weighted by Crippen LogP contribution is 2.48. The van der Waals surface area contributed by atoms with Gasteiger partial charge in [-0.3, -0.25) is 0 Å². The van der Waals surface area contributed by atoms with Crippen molar-refractivity contribution in [3.63, 3.8) is 0 Å². The first-order valence-electron chi connectivity index (χ1n) is 10.3. The van der Waals surface area contributed by atoms with Crippen molar-refractivity contribution in [2.45, 2.75) is 56.8 Å². The Morgan fingerprint density at radius 1 is 0.593 bits per heavy atom. The first-order valence-corrected chi connectivity index (χ1v) is 17.4. The number of benzene rings is 2. The first-order chi connectivity index (χ1) is 12.7. The van der Waals surface area contributed by atoms with E-state index < -0.39 is 16.1 Å². The fraction of sp³-hybridized carbons (Fsp3) is 0.360. The summed E-state index contributed by atoms with van der Waals surface area (Å²) in [6.45, 7) is 15.0. The van der Waals surface area contributed by atoms with Crippen molar-refractivity contribution in [2.24, 2.45) is 0 Å². The largest absolute Gasteiger partial charge is 0.0756 e. The molecule has 0 nitrogen and oxygen atoms in total. The molecule has 0 aromatic heterocycles. The zero-order valence-corrected chi connectivity index (χ0v) is 19.6. The Balaban J connectivity index is 1.74. The van der Waals surface area contributed by atoms with Crippen LogP contribution < -0.4 is 0 Å². The molecular formula is C25H32Si2. The lowest BCUT2D eigenvalue weighted by Gasteiger charge is -2.24. The van der Waals surface area contributed by atoms with E-state index in [9.17, 15) is 0 Å². The van der Waals surface area contributed by atoms with E-state index in [1.165, 1.54) is 11.1 Å². The number of fused-ring (bicyclic) bond motifs is 2. The van der Waals surface area contributed by atoms with Crippen molar-refractivity contribution in [1.82, 2.24) is 0 Å². The fourth-order valence-corrected chi connectivity index (χ4v) is 8.60. The number of hydrogen-bond donors (Lipinski definition) is 0. The molecule has 4 rings (SSSR count). The minimum atomic E-state index is -1.28. The van der Waals surface area contributed by atoms with Crippen molar-refractivity contribution in [2.75, 3.05) is 0 Å². The van der Waals surface area contributed by atoms with Gasteiger partial charge in [-0.05, 0) is 50.9 Å². The summed E-state index contributed by atoms with van der Waals surface area (Å²) in [5.41, 5.74) is 10.5. The van der Waals surface area contributed by atoms with Gasteiger partial charge in [0.05, 0.1) is 16.1 Å². The Morgan fingerprint density at radius 2 is 0.963 bits per heavy atom. The monoisotopic (exact) mass is 388 g/mol. The molecule has 0 amide bonds. The van der Waals surface area contributed by atoms with Gasteiger partial charge in [-0.25, -0.2) is 0 Å². The average Bonchev–Trinajstić information content (AvgIpc) is 3.15. The normalized spacial score (nSPS) is 21.6. The van der Waals surface area contributed by atoms with Gasteiger partial charge in [0.15, 0.2) is 0 Å². The van der Waals surface area contributed by atoms with E-state index in [0.717, 1.165) is 6.42 Å². The van der Waals surface area contributed by atoms with E-state index in [2.05, 4.69) is 100.0 Å². The van der Waals surface area contributed by atoms with Crippen LogP contribution in [0.1, 0.15) is 39.8 Å². The highest BCUT2D eigenvalue weighted by molar-refractivity contribution is 6.78. The molecule has 140 valence electrons. The molecule has 0 saturated heterocycles. The lowest BCUT2D eigenvalue weighted by atomic mass is 9.96. The van der Waals surface area contributed by atoms with Gasteiger partial charge in [0.25, 0.3) is 0 Å². The lowest BCUT2D eigenvalue weighted by molar-refractivity contribution is 1.16. The third-order valence-corrected chi connectivity index (χ3v) is 11.0. The average molecular weight is 389 g/mol. The van der Waals surface area contributed by atoms with Gasteiger partial charge in [-0.1, -0.05) is 100.0 Å². The van der Waals surface area contributed by atoms with E-state index in [1.54, 1.807) is 22.3 Å². The second kappa shape index (κ2) is 6.46. The molecule has 0 N–H and O–H groups in total. The molecule has 0 bridgehead atoms. The molecule has 0 radical (unpaired) electrons. The van der Waals surface area contributed by atoms with Crippen molar-refractivity contribution >= 4 is 27.3 Å². The number of rotatable bonds is 4. The third kappa shape index (κ3) is 3.34. The molecule has 0 saturated carbocycles. The molecule has 0 spiro atoms. The van der Waals surface area contributed by atoms with Gasteiger partial charge in [0.1, 0.15) is 0 Å². The van der Waals surface area contributed by atoms with Gasteiger partial charge >= 0.3 is 0 Å². The molecule has 2 heteroatoms. The van der Waals surface area contributed by atoms with Crippen LogP contribution in [0, 0.1) is 0 Å². The summed E-state index contributed by atoms with van der Waals surface area (Å²) in [5, 5.41) is 0. The highest BCUT2D eigenvalue weighted by Gasteiger charge is 2.36. The Hall–Kier alpha value is -1.65. The van der Waals surface area contributed by atoms with Crippen molar-refractivity contribution < 1.29 is 0 Å². The summed E-state index contributed by atoms with van der Waals surface area (Å²) < 4.78 is 0. The zero-order chi connectivity index (χ0) is 19.4. The molecule has 2 atom stereocenters. The summed E-state index contributed by atoms with van der Waals surface area (Å²) >= 11 is 0. The maximum atomic E-state index is 2.61. The number of allylic oxidation sites excluding steroid dienone is 4.